The molecule has 2 nitrogen and oxygen atoms in total. The van der Waals surface area contributed by atoms with Crippen LogP contribution in [-0.2, 0) is 9.79 Å². The lowest BCUT2D eigenvalue weighted by atomic mass is 10.1. The average molecular weight is 258 g/mol. The molecule has 1 saturated carbocycles. The highest BCUT2D eigenvalue weighted by molar-refractivity contribution is 6.31. The van der Waals surface area contributed by atoms with Gasteiger partial charge in [0.05, 0.1) is 5.88 Å². The predicted molar refractivity (Wildman–Crippen MR) is 65.6 cm³/mol. The Kier molecular flexibility index (Phi) is 3.41. The van der Waals surface area contributed by atoms with E-state index in [1.54, 1.807) is 0 Å². The monoisotopic (exact) mass is 257 g/mol. The summed E-state index contributed by atoms with van der Waals surface area (Å²) in [6, 6.07) is 9.38. The van der Waals surface area contributed by atoms with E-state index in [0.717, 1.165) is 18.4 Å². The second-order valence-electron chi connectivity index (χ2n) is 4.06. The van der Waals surface area contributed by atoms with E-state index < -0.39 is 5.00 Å². The van der Waals surface area contributed by atoms with Gasteiger partial charge in [0.2, 0.25) is 5.91 Å². The third-order valence-electron chi connectivity index (χ3n) is 2.68. The lowest BCUT2D eigenvalue weighted by Gasteiger charge is -2.26. The summed E-state index contributed by atoms with van der Waals surface area (Å²) in [5.41, 5.74) is 0.820. The Hall–Kier alpha value is -0.730. The van der Waals surface area contributed by atoms with Gasteiger partial charge < -0.3 is 5.32 Å². The zero-order valence-corrected chi connectivity index (χ0v) is 10.3. The highest BCUT2D eigenvalue weighted by atomic mass is 35.5. The number of carbonyl (C=O) groups excluding carboxylic acids is 1. The summed E-state index contributed by atoms with van der Waals surface area (Å²) in [5, 5.41) is 2.82. The largest absolute Gasteiger partial charge is 0.332 e. The number of alkyl halides is 2. The molecule has 0 aliphatic heterocycles. The van der Waals surface area contributed by atoms with Crippen molar-refractivity contribution in [2.24, 2.45) is 5.92 Å². The second kappa shape index (κ2) is 4.64. The standard InChI is InChI=1S/C12H13Cl2NO/c13-8-12(14,10-4-2-1-3-5-10)15-11(16)9-6-7-9/h1-5,9H,6-8H2,(H,15,16)/t12-/m1/s1. The lowest BCUT2D eigenvalue weighted by Crippen LogP contribution is -2.43. The molecule has 1 aromatic carbocycles. The first kappa shape index (κ1) is 11.7. The Morgan fingerprint density at radius 2 is 2.00 bits per heavy atom. The van der Waals surface area contributed by atoms with Crippen molar-refractivity contribution in [1.29, 1.82) is 0 Å². The Bertz CT molecular complexity index is 378. The molecule has 1 amide bonds. The quantitative estimate of drug-likeness (QED) is 0.653. The summed E-state index contributed by atoms with van der Waals surface area (Å²) < 4.78 is 0. The number of halogens is 2. The normalized spacial score (nSPS) is 18.9. The number of carbonyl (C=O) groups is 1. The van der Waals surface area contributed by atoms with E-state index in [9.17, 15) is 4.79 Å². The van der Waals surface area contributed by atoms with E-state index in [1.165, 1.54) is 0 Å². The molecular weight excluding hydrogens is 245 g/mol. The minimum absolute atomic E-state index is 0.000460. The highest BCUT2D eigenvalue weighted by Crippen LogP contribution is 2.33. The van der Waals surface area contributed by atoms with Crippen LogP contribution in [0.15, 0.2) is 30.3 Å². The van der Waals surface area contributed by atoms with E-state index >= 15 is 0 Å². The third kappa shape index (κ3) is 2.50. The third-order valence-corrected chi connectivity index (χ3v) is 3.67. The summed E-state index contributed by atoms with van der Waals surface area (Å²) >= 11 is 12.2. The molecule has 0 heterocycles. The number of nitrogens with one attached hydrogen (secondary N) is 1. The summed E-state index contributed by atoms with van der Waals surface area (Å²) in [4.78, 5) is 10.7. The van der Waals surface area contributed by atoms with Crippen molar-refractivity contribution in [2.45, 2.75) is 17.8 Å². The Labute approximate surface area is 105 Å². The molecule has 1 aromatic rings. The van der Waals surface area contributed by atoms with Gasteiger partial charge in [-0.15, -0.1) is 11.6 Å². The lowest BCUT2D eigenvalue weighted by molar-refractivity contribution is -0.123. The molecule has 0 spiro atoms. The van der Waals surface area contributed by atoms with Crippen LogP contribution in [0.5, 0.6) is 0 Å². The van der Waals surface area contributed by atoms with E-state index in [1.807, 2.05) is 30.3 Å². The number of rotatable bonds is 4. The Morgan fingerprint density at radius 3 is 2.50 bits per heavy atom. The molecule has 86 valence electrons. The van der Waals surface area contributed by atoms with E-state index in [0.29, 0.717) is 0 Å². The molecule has 1 aliphatic carbocycles. The number of amides is 1. The number of hydrogen-bond donors (Lipinski definition) is 1. The van der Waals surface area contributed by atoms with Crippen molar-refractivity contribution >= 4 is 29.1 Å². The zero-order chi connectivity index (χ0) is 11.6. The minimum atomic E-state index is -0.984. The predicted octanol–water partition coefficient (Wildman–Crippen LogP) is 2.84. The van der Waals surface area contributed by atoms with Crippen molar-refractivity contribution < 1.29 is 4.79 Å². The van der Waals surface area contributed by atoms with Crippen LogP contribution < -0.4 is 5.32 Å². The molecule has 4 heteroatoms. The molecule has 1 atom stereocenters. The number of hydrogen-bond acceptors (Lipinski definition) is 1. The Morgan fingerprint density at radius 1 is 1.38 bits per heavy atom. The molecule has 1 aliphatic rings. The highest BCUT2D eigenvalue weighted by Gasteiger charge is 2.37. The fraction of sp³-hybridized carbons (Fsp3) is 0.417. The summed E-state index contributed by atoms with van der Waals surface area (Å²) in [6.07, 6.45) is 1.91. The molecular formula is C12H13Cl2NO. The molecule has 0 bridgehead atoms. The fourth-order valence-electron chi connectivity index (χ4n) is 1.53. The summed E-state index contributed by atoms with van der Waals surface area (Å²) in [5.74, 6) is 0.279. The van der Waals surface area contributed by atoms with Gasteiger partial charge in [-0.2, -0.15) is 0 Å². The first-order valence-electron chi connectivity index (χ1n) is 5.28. The smallest absolute Gasteiger partial charge is 0.224 e. The first-order valence-corrected chi connectivity index (χ1v) is 6.19. The van der Waals surface area contributed by atoms with Gasteiger partial charge in [-0.25, -0.2) is 0 Å². The van der Waals surface area contributed by atoms with Gasteiger partial charge in [0.25, 0.3) is 0 Å². The van der Waals surface area contributed by atoms with Crippen LogP contribution in [0.1, 0.15) is 18.4 Å². The molecule has 2 rings (SSSR count). The summed E-state index contributed by atoms with van der Waals surface area (Å²) in [6.45, 7) is 0. The van der Waals surface area contributed by atoms with Crippen molar-refractivity contribution in [3.05, 3.63) is 35.9 Å². The van der Waals surface area contributed by atoms with Crippen molar-refractivity contribution in [3.63, 3.8) is 0 Å². The maximum Gasteiger partial charge on any atom is 0.224 e. The van der Waals surface area contributed by atoms with Gasteiger partial charge in [0.15, 0.2) is 5.00 Å². The molecule has 0 saturated heterocycles. The Balaban J connectivity index is 2.15. The van der Waals surface area contributed by atoms with Gasteiger partial charge in [0.1, 0.15) is 0 Å². The van der Waals surface area contributed by atoms with Crippen LogP contribution >= 0.6 is 23.2 Å². The van der Waals surface area contributed by atoms with Crippen molar-refractivity contribution in [1.82, 2.24) is 5.32 Å². The van der Waals surface area contributed by atoms with E-state index in [2.05, 4.69) is 5.32 Å². The van der Waals surface area contributed by atoms with Gasteiger partial charge in [-0.1, -0.05) is 41.9 Å². The van der Waals surface area contributed by atoms with Crippen LogP contribution in [0.3, 0.4) is 0 Å². The van der Waals surface area contributed by atoms with Crippen molar-refractivity contribution in [3.8, 4) is 0 Å². The molecule has 1 fully saturated rings. The van der Waals surface area contributed by atoms with Gasteiger partial charge in [0, 0.05) is 5.92 Å². The molecule has 0 aromatic heterocycles. The average Bonchev–Trinajstić information content (AvgIpc) is 3.14. The van der Waals surface area contributed by atoms with Crippen LogP contribution in [0.25, 0.3) is 0 Å². The topological polar surface area (TPSA) is 29.1 Å². The maximum atomic E-state index is 11.7. The van der Waals surface area contributed by atoms with E-state index in [-0.39, 0.29) is 17.7 Å². The molecule has 0 radical (unpaired) electrons. The first-order chi connectivity index (χ1) is 7.65. The van der Waals surface area contributed by atoms with Gasteiger partial charge in [-0.05, 0) is 18.4 Å². The van der Waals surface area contributed by atoms with Crippen LogP contribution in [0.4, 0.5) is 0 Å². The maximum absolute atomic E-state index is 11.7. The van der Waals surface area contributed by atoms with Gasteiger partial charge in [-0.3, -0.25) is 4.79 Å². The van der Waals surface area contributed by atoms with Crippen LogP contribution in [0, 0.1) is 5.92 Å². The second-order valence-corrected chi connectivity index (χ2v) is 4.98. The molecule has 16 heavy (non-hydrogen) atoms. The molecule has 0 unspecified atom stereocenters. The SMILES string of the molecule is O=C(N[C@](Cl)(CCl)c1ccccc1)C1CC1. The fourth-order valence-corrected chi connectivity index (χ4v) is 1.97. The van der Waals surface area contributed by atoms with E-state index in [4.69, 9.17) is 23.2 Å². The minimum Gasteiger partial charge on any atom is -0.332 e. The zero-order valence-electron chi connectivity index (χ0n) is 8.75. The number of benzene rings is 1. The summed E-state index contributed by atoms with van der Waals surface area (Å²) in [7, 11) is 0. The van der Waals surface area contributed by atoms with Crippen LogP contribution in [-0.4, -0.2) is 11.8 Å². The van der Waals surface area contributed by atoms with Crippen LogP contribution in [0.2, 0.25) is 0 Å². The van der Waals surface area contributed by atoms with Crippen molar-refractivity contribution in [2.75, 3.05) is 5.88 Å². The molecule has 1 N–H and O–H groups in total. The van der Waals surface area contributed by atoms with Gasteiger partial charge >= 0.3 is 0 Å².